The minimum Gasteiger partial charge on any atom is -0.486 e. The molecule has 1 aromatic rings. The predicted molar refractivity (Wildman–Crippen MR) is 54.6 cm³/mol. The smallest absolute Gasteiger partial charge is 0.161 e. The van der Waals surface area contributed by atoms with Gasteiger partial charge in [0, 0.05) is 11.8 Å². The van der Waals surface area contributed by atoms with E-state index in [1.54, 1.807) is 0 Å². The molecule has 0 aliphatic carbocycles. The van der Waals surface area contributed by atoms with E-state index in [1.165, 1.54) is 0 Å². The maximum absolute atomic E-state index is 5.45. The maximum Gasteiger partial charge on any atom is 0.161 e. The number of benzene rings is 1. The quantitative estimate of drug-likeness (QED) is 0.741. The van der Waals surface area contributed by atoms with Gasteiger partial charge in [0.1, 0.15) is 13.2 Å². The molecule has 1 aromatic carbocycles. The molecule has 0 spiro atoms. The van der Waals surface area contributed by atoms with E-state index >= 15 is 0 Å². The van der Waals surface area contributed by atoms with Crippen LogP contribution < -0.4 is 9.47 Å². The Labute approximate surface area is 86.0 Å². The van der Waals surface area contributed by atoms with Gasteiger partial charge in [-0.25, -0.2) is 0 Å². The Kier molecular flexibility index (Phi) is 2.74. The lowest BCUT2D eigenvalue weighted by molar-refractivity contribution is 0.171. The Morgan fingerprint density at radius 2 is 2.00 bits per heavy atom. The van der Waals surface area contributed by atoms with E-state index in [4.69, 9.17) is 9.47 Å². The van der Waals surface area contributed by atoms with Gasteiger partial charge in [-0.15, -0.1) is 0 Å². The van der Waals surface area contributed by atoms with Crippen LogP contribution in [0.3, 0.4) is 0 Å². The Morgan fingerprint density at radius 1 is 1.23 bits per heavy atom. The zero-order valence-electron chi connectivity index (χ0n) is 7.13. The van der Waals surface area contributed by atoms with Gasteiger partial charge in [0.25, 0.3) is 0 Å². The first-order chi connectivity index (χ1) is 6.40. The highest BCUT2D eigenvalue weighted by atomic mass is 79.9. The molecular formula is C10H10BrO2. The van der Waals surface area contributed by atoms with Crippen molar-refractivity contribution in [2.45, 2.75) is 0 Å². The van der Waals surface area contributed by atoms with Crippen molar-refractivity contribution >= 4 is 15.9 Å². The topological polar surface area (TPSA) is 18.5 Å². The van der Waals surface area contributed by atoms with Gasteiger partial charge in [-0.3, -0.25) is 0 Å². The summed E-state index contributed by atoms with van der Waals surface area (Å²) in [7, 11) is 0. The highest BCUT2D eigenvalue weighted by Crippen LogP contribution is 2.31. The number of halogens is 1. The van der Waals surface area contributed by atoms with E-state index in [9.17, 15) is 0 Å². The van der Waals surface area contributed by atoms with Crippen LogP contribution in [-0.2, 0) is 0 Å². The molecule has 0 saturated carbocycles. The number of hydrogen-bond donors (Lipinski definition) is 0. The molecule has 69 valence electrons. The van der Waals surface area contributed by atoms with Gasteiger partial charge >= 0.3 is 0 Å². The zero-order chi connectivity index (χ0) is 9.10. The number of alkyl halides is 1. The van der Waals surface area contributed by atoms with Crippen LogP contribution >= 0.6 is 15.9 Å². The van der Waals surface area contributed by atoms with Crippen molar-refractivity contribution in [2.75, 3.05) is 18.5 Å². The second-order valence-corrected chi connectivity index (χ2v) is 3.41. The lowest BCUT2D eigenvalue weighted by atomic mass is 10.1. The minimum absolute atomic E-state index is 0.644. The molecule has 0 N–H and O–H groups in total. The van der Waals surface area contributed by atoms with Crippen LogP contribution in [0, 0.1) is 6.42 Å². The molecule has 1 radical (unpaired) electrons. The van der Waals surface area contributed by atoms with Gasteiger partial charge in [0.2, 0.25) is 0 Å². The fourth-order valence-electron chi connectivity index (χ4n) is 1.28. The number of ether oxygens (including phenoxy) is 2. The van der Waals surface area contributed by atoms with E-state index in [0.29, 0.717) is 13.2 Å². The Morgan fingerprint density at radius 3 is 2.77 bits per heavy atom. The van der Waals surface area contributed by atoms with E-state index in [2.05, 4.69) is 22.4 Å². The third-order valence-corrected chi connectivity index (χ3v) is 2.20. The third-order valence-electron chi connectivity index (χ3n) is 1.88. The monoisotopic (exact) mass is 241 g/mol. The highest BCUT2D eigenvalue weighted by Gasteiger charge is 2.10. The molecule has 0 amide bonds. The highest BCUT2D eigenvalue weighted by molar-refractivity contribution is 9.09. The number of hydrogen-bond acceptors (Lipinski definition) is 2. The van der Waals surface area contributed by atoms with E-state index in [0.717, 1.165) is 22.4 Å². The lowest BCUT2D eigenvalue weighted by Gasteiger charge is -2.18. The minimum atomic E-state index is 0.644. The molecule has 13 heavy (non-hydrogen) atoms. The third kappa shape index (κ3) is 1.97. The van der Waals surface area contributed by atoms with Gasteiger partial charge in [0.05, 0.1) is 0 Å². The van der Waals surface area contributed by atoms with Crippen LogP contribution in [0.2, 0.25) is 0 Å². The first-order valence-electron chi connectivity index (χ1n) is 4.19. The summed E-state index contributed by atoms with van der Waals surface area (Å²) in [4.78, 5) is 0. The van der Waals surface area contributed by atoms with Crippen LogP contribution in [0.1, 0.15) is 5.56 Å². The second-order valence-electron chi connectivity index (χ2n) is 2.76. The van der Waals surface area contributed by atoms with Gasteiger partial charge in [0.15, 0.2) is 11.5 Å². The summed E-state index contributed by atoms with van der Waals surface area (Å²) in [6, 6.07) is 5.97. The van der Waals surface area contributed by atoms with Crippen molar-refractivity contribution in [1.29, 1.82) is 0 Å². The first-order valence-corrected chi connectivity index (χ1v) is 5.31. The van der Waals surface area contributed by atoms with Crippen LogP contribution in [0.4, 0.5) is 0 Å². The summed E-state index contributed by atoms with van der Waals surface area (Å²) in [5.41, 5.74) is 1.15. The van der Waals surface area contributed by atoms with Gasteiger partial charge < -0.3 is 9.47 Å². The Balaban J connectivity index is 2.24. The van der Waals surface area contributed by atoms with Crippen LogP contribution in [0.15, 0.2) is 18.2 Å². The molecule has 0 saturated heterocycles. The first kappa shape index (κ1) is 8.88. The average Bonchev–Trinajstić information content (AvgIpc) is 2.18. The molecule has 3 heteroatoms. The number of fused-ring (bicyclic) bond motifs is 1. The molecule has 0 bridgehead atoms. The fraction of sp³-hybridized carbons (Fsp3) is 0.300. The van der Waals surface area contributed by atoms with Crippen molar-refractivity contribution in [2.24, 2.45) is 0 Å². The fourth-order valence-corrected chi connectivity index (χ4v) is 1.65. The SMILES string of the molecule is BrC[CH]c1ccc2c(c1)OCCO2. The zero-order valence-corrected chi connectivity index (χ0v) is 8.71. The van der Waals surface area contributed by atoms with Crippen LogP contribution in [-0.4, -0.2) is 18.5 Å². The summed E-state index contributed by atoms with van der Waals surface area (Å²) in [6.45, 7) is 1.29. The molecule has 1 heterocycles. The van der Waals surface area contributed by atoms with Crippen molar-refractivity contribution < 1.29 is 9.47 Å². The molecular weight excluding hydrogens is 232 g/mol. The van der Waals surface area contributed by atoms with Crippen molar-refractivity contribution in [3.8, 4) is 11.5 Å². The molecule has 1 aliphatic heterocycles. The summed E-state index contributed by atoms with van der Waals surface area (Å²) in [6.07, 6.45) is 2.08. The summed E-state index contributed by atoms with van der Waals surface area (Å²) < 4.78 is 10.9. The summed E-state index contributed by atoms with van der Waals surface area (Å²) >= 11 is 3.35. The molecule has 0 fully saturated rings. The second kappa shape index (κ2) is 4.01. The van der Waals surface area contributed by atoms with Gasteiger partial charge in [-0.2, -0.15) is 0 Å². The number of rotatable bonds is 2. The van der Waals surface area contributed by atoms with E-state index < -0.39 is 0 Å². The molecule has 2 rings (SSSR count). The Bertz CT molecular complexity index is 299. The van der Waals surface area contributed by atoms with Crippen LogP contribution in [0.25, 0.3) is 0 Å². The van der Waals surface area contributed by atoms with E-state index in [-0.39, 0.29) is 0 Å². The lowest BCUT2D eigenvalue weighted by Crippen LogP contribution is -2.15. The average molecular weight is 242 g/mol. The summed E-state index contributed by atoms with van der Waals surface area (Å²) in [5.74, 6) is 1.69. The largest absolute Gasteiger partial charge is 0.486 e. The van der Waals surface area contributed by atoms with Crippen molar-refractivity contribution in [1.82, 2.24) is 0 Å². The van der Waals surface area contributed by atoms with Crippen molar-refractivity contribution in [3.63, 3.8) is 0 Å². The predicted octanol–water partition coefficient (Wildman–Crippen LogP) is 2.41. The summed E-state index contributed by atoms with van der Waals surface area (Å²) in [5, 5.41) is 0.854. The van der Waals surface area contributed by atoms with Gasteiger partial charge in [-0.1, -0.05) is 22.0 Å². The molecule has 1 aliphatic rings. The Hall–Kier alpha value is -0.700. The molecule has 0 atom stereocenters. The van der Waals surface area contributed by atoms with Crippen molar-refractivity contribution in [3.05, 3.63) is 30.2 Å². The molecule has 0 unspecified atom stereocenters. The molecule has 2 nitrogen and oxygen atoms in total. The van der Waals surface area contributed by atoms with Gasteiger partial charge in [-0.05, 0) is 17.7 Å². The maximum atomic E-state index is 5.45. The standard InChI is InChI=1S/C10H10BrO2/c11-4-3-8-1-2-9-10(7-8)13-6-5-12-9/h1-3,7H,4-6H2. The normalized spacial score (nSPS) is 14.2. The molecule has 0 aromatic heterocycles. The van der Waals surface area contributed by atoms with E-state index in [1.807, 2.05) is 18.2 Å². The van der Waals surface area contributed by atoms with Crippen LogP contribution in [0.5, 0.6) is 11.5 Å².